The standard InChI is InChI=1S/C6H8O5S2/c1-2-13(9,10)12-4-3-5(7)11-6(4)8/h4H,2-3H2,1H3. The molecule has 1 fully saturated rings. The summed E-state index contributed by atoms with van der Waals surface area (Å²) in [6.07, 6.45) is -0.150. The SMILES string of the molecule is CCS(=O)(=O)SC1CC(=O)OC1=O. The minimum Gasteiger partial charge on any atom is -0.392 e. The van der Waals surface area contributed by atoms with Gasteiger partial charge in [-0.2, -0.15) is 0 Å². The summed E-state index contributed by atoms with van der Waals surface area (Å²) in [5, 5.41) is -0.877. The highest BCUT2D eigenvalue weighted by Gasteiger charge is 2.37. The van der Waals surface area contributed by atoms with Crippen molar-refractivity contribution in [2.75, 3.05) is 5.75 Å². The quantitative estimate of drug-likeness (QED) is 0.379. The average Bonchev–Trinajstić information content (AvgIpc) is 2.30. The first-order valence-corrected chi connectivity index (χ1v) is 6.65. The van der Waals surface area contributed by atoms with E-state index in [-0.39, 0.29) is 12.2 Å². The molecule has 13 heavy (non-hydrogen) atoms. The zero-order valence-corrected chi connectivity index (χ0v) is 8.48. The van der Waals surface area contributed by atoms with Gasteiger partial charge < -0.3 is 4.74 Å². The molecule has 1 rings (SSSR count). The number of carbonyl (C=O) groups is 2. The summed E-state index contributed by atoms with van der Waals surface area (Å²) in [5.74, 6) is -1.48. The van der Waals surface area contributed by atoms with Crippen LogP contribution in [0.25, 0.3) is 0 Å². The smallest absolute Gasteiger partial charge is 0.328 e. The van der Waals surface area contributed by atoms with Gasteiger partial charge in [0.05, 0.1) is 12.2 Å². The first kappa shape index (κ1) is 10.5. The van der Waals surface area contributed by atoms with Gasteiger partial charge in [0.1, 0.15) is 5.25 Å². The van der Waals surface area contributed by atoms with Crippen molar-refractivity contribution in [3.63, 3.8) is 0 Å². The van der Waals surface area contributed by atoms with Crippen LogP contribution in [0.15, 0.2) is 0 Å². The number of hydrogen-bond donors (Lipinski definition) is 0. The molecule has 7 heteroatoms. The van der Waals surface area contributed by atoms with E-state index < -0.39 is 26.1 Å². The predicted octanol–water partition coefficient (Wildman–Crippen LogP) is -0.0886. The van der Waals surface area contributed by atoms with Crippen molar-refractivity contribution in [3.8, 4) is 0 Å². The lowest BCUT2D eigenvalue weighted by atomic mass is 10.4. The molecule has 0 amide bonds. The van der Waals surface area contributed by atoms with Crippen molar-refractivity contribution in [1.29, 1.82) is 0 Å². The lowest BCUT2D eigenvalue weighted by Gasteiger charge is -2.02. The molecule has 0 spiro atoms. The van der Waals surface area contributed by atoms with Gasteiger partial charge in [-0.05, 0) is 10.8 Å². The Morgan fingerprint density at radius 2 is 2.15 bits per heavy atom. The molecular formula is C6H8O5S2. The normalized spacial score (nSPS) is 23.3. The van der Waals surface area contributed by atoms with Gasteiger partial charge in [0.2, 0.25) is 8.87 Å². The van der Waals surface area contributed by atoms with Crippen LogP contribution in [0.3, 0.4) is 0 Å². The molecule has 74 valence electrons. The second-order valence-electron chi connectivity index (χ2n) is 2.43. The molecule has 5 nitrogen and oxygen atoms in total. The van der Waals surface area contributed by atoms with E-state index >= 15 is 0 Å². The largest absolute Gasteiger partial charge is 0.392 e. The fourth-order valence-corrected chi connectivity index (χ4v) is 3.50. The molecule has 0 aliphatic carbocycles. The molecule has 0 N–H and O–H groups in total. The van der Waals surface area contributed by atoms with Gasteiger partial charge in [0.15, 0.2) is 0 Å². The van der Waals surface area contributed by atoms with E-state index in [9.17, 15) is 18.0 Å². The first-order valence-electron chi connectivity index (χ1n) is 3.60. The van der Waals surface area contributed by atoms with Crippen molar-refractivity contribution in [3.05, 3.63) is 0 Å². The molecule has 0 saturated carbocycles. The topological polar surface area (TPSA) is 77.5 Å². The Bertz CT molecular complexity index is 331. The van der Waals surface area contributed by atoms with Gasteiger partial charge in [-0.15, -0.1) is 0 Å². The highest BCUT2D eigenvalue weighted by atomic mass is 33.1. The molecule has 1 unspecified atom stereocenters. The van der Waals surface area contributed by atoms with Crippen LogP contribution in [-0.2, 0) is 23.2 Å². The molecule has 0 radical (unpaired) electrons. The second kappa shape index (κ2) is 3.67. The zero-order chi connectivity index (χ0) is 10.1. The highest BCUT2D eigenvalue weighted by molar-refractivity contribution is 8.72. The summed E-state index contributed by atoms with van der Waals surface area (Å²) >= 11 is 0. The van der Waals surface area contributed by atoms with E-state index in [1.54, 1.807) is 0 Å². The maximum absolute atomic E-state index is 11.1. The van der Waals surface area contributed by atoms with Crippen LogP contribution < -0.4 is 0 Å². The van der Waals surface area contributed by atoms with E-state index in [4.69, 9.17) is 0 Å². The van der Waals surface area contributed by atoms with Crippen molar-refractivity contribution in [1.82, 2.24) is 0 Å². The summed E-state index contributed by atoms with van der Waals surface area (Å²) in [7, 11) is -2.80. The Kier molecular flexibility index (Phi) is 2.97. The average molecular weight is 224 g/mol. The van der Waals surface area contributed by atoms with Crippen LogP contribution in [0.2, 0.25) is 0 Å². The molecule has 1 saturated heterocycles. The monoisotopic (exact) mass is 224 g/mol. The highest BCUT2D eigenvalue weighted by Crippen LogP contribution is 2.27. The fraction of sp³-hybridized carbons (Fsp3) is 0.667. The molecule has 0 aromatic carbocycles. The van der Waals surface area contributed by atoms with Gasteiger partial charge in [-0.1, -0.05) is 6.92 Å². The van der Waals surface area contributed by atoms with Crippen LogP contribution in [0.5, 0.6) is 0 Å². The van der Waals surface area contributed by atoms with E-state index in [2.05, 4.69) is 4.74 Å². The van der Waals surface area contributed by atoms with Crippen molar-refractivity contribution in [2.45, 2.75) is 18.6 Å². The Labute approximate surface area is 79.1 Å². The molecule has 0 aromatic heterocycles. The van der Waals surface area contributed by atoms with Gasteiger partial charge in [0, 0.05) is 0 Å². The van der Waals surface area contributed by atoms with Crippen molar-refractivity contribution < 1.29 is 22.7 Å². The van der Waals surface area contributed by atoms with Gasteiger partial charge in [-0.25, -0.2) is 8.42 Å². The van der Waals surface area contributed by atoms with E-state index in [0.29, 0.717) is 10.8 Å². The second-order valence-corrected chi connectivity index (χ2v) is 6.98. The van der Waals surface area contributed by atoms with Crippen molar-refractivity contribution in [2.24, 2.45) is 0 Å². The number of rotatable bonds is 3. The molecular weight excluding hydrogens is 216 g/mol. The van der Waals surface area contributed by atoms with Crippen LogP contribution in [-0.4, -0.2) is 31.4 Å². The van der Waals surface area contributed by atoms with Crippen LogP contribution in [0.1, 0.15) is 13.3 Å². The minimum absolute atomic E-state index is 0.0599. The maximum atomic E-state index is 11.1. The number of cyclic esters (lactones) is 2. The molecule has 1 aliphatic heterocycles. The van der Waals surface area contributed by atoms with Crippen LogP contribution >= 0.6 is 10.8 Å². The summed E-state index contributed by atoms with van der Waals surface area (Å²) in [6, 6.07) is 0. The molecule has 1 atom stereocenters. The molecule has 0 bridgehead atoms. The van der Waals surface area contributed by atoms with Crippen LogP contribution in [0.4, 0.5) is 0 Å². The Morgan fingerprint density at radius 3 is 2.54 bits per heavy atom. The molecule has 1 aliphatic rings. The number of carbonyl (C=O) groups excluding carboxylic acids is 2. The van der Waals surface area contributed by atoms with Gasteiger partial charge >= 0.3 is 11.9 Å². The number of hydrogen-bond acceptors (Lipinski definition) is 6. The number of ether oxygens (including phenoxy) is 1. The lowest BCUT2D eigenvalue weighted by molar-refractivity contribution is -0.151. The third-order valence-corrected chi connectivity index (χ3v) is 5.32. The fourth-order valence-electron chi connectivity index (χ4n) is 0.773. The Hall–Kier alpha value is -0.560. The third-order valence-electron chi connectivity index (χ3n) is 1.45. The maximum Gasteiger partial charge on any atom is 0.328 e. The predicted molar refractivity (Wildman–Crippen MR) is 46.6 cm³/mol. The first-order chi connectivity index (χ1) is 5.94. The zero-order valence-electron chi connectivity index (χ0n) is 6.85. The summed E-state index contributed by atoms with van der Waals surface area (Å²) in [4.78, 5) is 21.4. The Balaban J connectivity index is 2.66. The van der Waals surface area contributed by atoms with Crippen LogP contribution in [0, 0.1) is 0 Å². The lowest BCUT2D eigenvalue weighted by Crippen LogP contribution is -2.13. The molecule has 0 aromatic rings. The molecule has 1 heterocycles. The summed E-state index contributed by atoms with van der Waals surface area (Å²) < 4.78 is 26.3. The van der Waals surface area contributed by atoms with Gasteiger partial charge in [-0.3, -0.25) is 9.59 Å². The van der Waals surface area contributed by atoms with Crippen molar-refractivity contribution >= 4 is 31.6 Å². The Morgan fingerprint density at radius 1 is 1.54 bits per heavy atom. The minimum atomic E-state index is -3.30. The van der Waals surface area contributed by atoms with E-state index in [1.165, 1.54) is 6.92 Å². The summed E-state index contributed by atoms with van der Waals surface area (Å²) in [5.41, 5.74) is 0. The summed E-state index contributed by atoms with van der Waals surface area (Å²) in [6.45, 7) is 1.48. The van der Waals surface area contributed by atoms with E-state index in [1.807, 2.05) is 0 Å². The third kappa shape index (κ3) is 2.70. The van der Waals surface area contributed by atoms with E-state index in [0.717, 1.165) is 0 Å². The number of esters is 2. The van der Waals surface area contributed by atoms with Gasteiger partial charge in [0.25, 0.3) is 0 Å².